The zero-order valence-electron chi connectivity index (χ0n) is 11.1. The van der Waals surface area contributed by atoms with Gasteiger partial charge in [-0.05, 0) is 31.9 Å². The van der Waals surface area contributed by atoms with Gasteiger partial charge in [0.1, 0.15) is 0 Å². The molecule has 1 aromatic carbocycles. The topological polar surface area (TPSA) is 73.6 Å². The number of benzene rings is 1. The van der Waals surface area contributed by atoms with Crippen LogP contribution in [0.3, 0.4) is 0 Å². The van der Waals surface area contributed by atoms with E-state index in [-0.39, 0.29) is 12.1 Å². The Hall–Kier alpha value is -1.75. The molecule has 5 heteroatoms. The fourth-order valence-electron chi connectivity index (χ4n) is 2.14. The Labute approximate surface area is 113 Å². The van der Waals surface area contributed by atoms with Crippen LogP contribution >= 0.6 is 0 Å². The molecule has 0 radical (unpaired) electrons. The van der Waals surface area contributed by atoms with Gasteiger partial charge in [-0.15, -0.1) is 0 Å². The van der Waals surface area contributed by atoms with E-state index in [1.807, 2.05) is 6.07 Å². The van der Waals surface area contributed by atoms with Gasteiger partial charge in [0.15, 0.2) is 0 Å². The molecule has 0 bridgehead atoms. The van der Waals surface area contributed by atoms with Crippen molar-refractivity contribution in [3.05, 3.63) is 23.8 Å². The van der Waals surface area contributed by atoms with E-state index in [1.54, 1.807) is 19.1 Å². The first-order valence-corrected chi connectivity index (χ1v) is 6.63. The normalized spacial score (nSPS) is 18.3. The van der Waals surface area contributed by atoms with Crippen molar-refractivity contribution in [2.45, 2.75) is 25.9 Å². The number of hydrogen-bond donors (Lipinski definition) is 2. The maximum absolute atomic E-state index is 11.7. The summed E-state index contributed by atoms with van der Waals surface area (Å²) >= 11 is 0. The largest absolute Gasteiger partial charge is 0.462 e. The Morgan fingerprint density at radius 2 is 2.42 bits per heavy atom. The number of nitrogens with one attached hydrogen (secondary N) is 1. The number of ether oxygens (including phenoxy) is 2. The number of para-hydroxylation sites is 1. The van der Waals surface area contributed by atoms with Crippen LogP contribution in [0.2, 0.25) is 0 Å². The first-order chi connectivity index (χ1) is 9.22. The van der Waals surface area contributed by atoms with Gasteiger partial charge >= 0.3 is 5.97 Å². The van der Waals surface area contributed by atoms with Gasteiger partial charge in [-0.25, -0.2) is 4.79 Å². The van der Waals surface area contributed by atoms with E-state index < -0.39 is 0 Å². The molecule has 0 amide bonds. The van der Waals surface area contributed by atoms with E-state index in [0.29, 0.717) is 24.4 Å². The fraction of sp³-hybridized carbons (Fsp3) is 0.500. The van der Waals surface area contributed by atoms with Crippen LogP contribution in [0.25, 0.3) is 0 Å². The van der Waals surface area contributed by atoms with Crippen molar-refractivity contribution < 1.29 is 14.3 Å². The van der Waals surface area contributed by atoms with Gasteiger partial charge in [-0.3, -0.25) is 0 Å². The van der Waals surface area contributed by atoms with Crippen molar-refractivity contribution in [1.29, 1.82) is 0 Å². The lowest BCUT2D eigenvalue weighted by Crippen LogP contribution is -2.19. The summed E-state index contributed by atoms with van der Waals surface area (Å²) in [5.74, 6) is -0.388. The van der Waals surface area contributed by atoms with Gasteiger partial charge in [0.25, 0.3) is 0 Å². The zero-order valence-corrected chi connectivity index (χ0v) is 11.1. The van der Waals surface area contributed by atoms with Crippen LogP contribution in [0.1, 0.15) is 30.1 Å². The van der Waals surface area contributed by atoms with Gasteiger partial charge < -0.3 is 20.5 Å². The Bertz CT molecular complexity index is 442. The smallest absolute Gasteiger partial charge is 0.340 e. The van der Waals surface area contributed by atoms with E-state index >= 15 is 0 Å². The lowest BCUT2D eigenvalue weighted by Gasteiger charge is -2.15. The second-order valence-corrected chi connectivity index (χ2v) is 4.50. The van der Waals surface area contributed by atoms with Gasteiger partial charge in [0, 0.05) is 13.2 Å². The fourth-order valence-corrected chi connectivity index (χ4v) is 2.14. The van der Waals surface area contributed by atoms with Crippen LogP contribution < -0.4 is 11.1 Å². The molecular formula is C14H20N2O3. The Balaban J connectivity index is 2.03. The molecule has 1 aliphatic rings. The van der Waals surface area contributed by atoms with Crippen molar-refractivity contribution in [2.24, 2.45) is 0 Å². The predicted molar refractivity (Wildman–Crippen MR) is 74.3 cm³/mol. The van der Waals surface area contributed by atoms with Crippen LogP contribution in [0.15, 0.2) is 18.2 Å². The number of rotatable bonds is 5. The monoisotopic (exact) mass is 264 g/mol. The van der Waals surface area contributed by atoms with Crippen LogP contribution in [-0.2, 0) is 9.47 Å². The summed E-state index contributed by atoms with van der Waals surface area (Å²) in [6.07, 6.45) is 2.39. The van der Waals surface area contributed by atoms with Gasteiger partial charge in [-0.2, -0.15) is 0 Å². The minimum absolute atomic E-state index is 0.227. The van der Waals surface area contributed by atoms with E-state index in [9.17, 15) is 4.79 Å². The van der Waals surface area contributed by atoms with Crippen molar-refractivity contribution in [3.63, 3.8) is 0 Å². The summed E-state index contributed by atoms with van der Waals surface area (Å²) in [4.78, 5) is 11.7. The molecule has 0 spiro atoms. The van der Waals surface area contributed by atoms with Crippen molar-refractivity contribution >= 4 is 17.3 Å². The Morgan fingerprint density at radius 1 is 1.58 bits per heavy atom. The van der Waals surface area contributed by atoms with E-state index in [1.165, 1.54) is 0 Å². The summed E-state index contributed by atoms with van der Waals surface area (Å²) in [6, 6.07) is 5.32. The number of anilines is 2. The molecule has 5 nitrogen and oxygen atoms in total. The Kier molecular flexibility index (Phi) is 4.63. The highest BCUT2D eigenvalue weighted by Crippen LogP contribution is 2.24. The number of nitrogen functional groups attached to an aromatic ring is 1. The molecule has 1 unspecified atom stereocenters. The highest BCUT2D eigenvalue weighted by Gasteiger charge is 2.17. The molecule has 19 heavy (non-hydrogen) atoms. The molecule has 0 aromatic heterocycles. The molecule has 104 valence electrons. The van der Waals surface area contributed by atoms with Gasteiger partial charge in [0.2, 0.25) is 0 Å². The second kappa shape index (κ2) is 6.43. The molecule has 1 fully saturated rings. The maximum atomic E-state index is 11.7. The molecule has 0 aliphatic carbocycles. The molecule has 2 rings (SSSR count). The lowest BCUT2D eigenvalue weighted by atomic mass is 10.1. The predicted octanol–water partition coefficient (Wildman–Crippen LogP) is 2.04. The number of hydrogen-bond acceptors (Lipinski definition) is 5. The van der Waals surface area contributed by atoms with Crippen LogP contribution in [0.5, 0.6) is 0 Å². The molecule has 1 atom stereocenters. The number of carbonyl (C=O) groups excluding carboxylic acids is 1. The SMILES string of the molecule is CCOC(=O)c1cccc(NCC2CCCO2)c1N. The van der Waals surface area contributed by atoms with Crippen LogP contribution in [-0.4, -0.2) is 31.8 Å². The third kappa shape index (κ3) is 3.38. The molecular weight excluding hydrogens is 244 g/mol. The van der Waals surface area contributed by atoms with Crippen molar-refractivity contribution in [1.82, 2.24) is 0 Å². The summed E-state index contributed by atoms with van der Waals surface area (Å²) in [7, 11) is 0. The summed E-state index contributed by atoms with van der Waals surface area (Å²) in [5.41, 5.74) is 7.58. The van der Waals surface area contributed by atoms with Gasteiger partial charge in [-0.1, -0.05) is 6.07 Å². The second-order valence-electron chi connectivity index (χ2n) is 4.50. The van der Waals surface area contributed by atoms with Crippen LogP contribution in [0, 0.1) is 0 Å². The highest BCUT2D eigenvalue weighted by molar-refractivity contribution is 5.98. The van der Waals surface area contributed by atoms with Crippen LogP contribution in [0.4, 0.5) is 11.4 Å². The minimum atomic E-state index is -0.388. The highest BCUT2D eigenvalue weighted by atomic mass is 16.5. The minimum Gasteiger partial charge on any atom is -0.462 e. The third-order valence-corrected chi connectivity index (χ3v) is 3.15. The number of carbonyl (C=O) groups is 1. The number of esters is 1. The molecule has 0 saturated carbocycles. The molecule has 1 heterocycles. The zero-order chi connectivity index (χ0) is 13.7. The van der Waals surface area contributed by atoms with E-state index in [4.69, 9.17) is 15.2 Å². The quantitative estimate of drug-likeness (QED) is 0.629. The maximum Gasteiger partial charge on any atom is 0.340 e. The van der Waals surface area contributed by atoms with Crippen molar-refractivity contribution in [3.8, 4) is 0 Å². The molecule has 1 aliphatic heterocycles. The molecule has 1 aromatic rings. The average Bonchev–Trinajstić information content (AvgIpc) is 2.91. The first-order valence-electron chi connectivity index (χ1n) is 6.63. The van der Waals surface area contributed by atoms with E-state index in [0.717, 1.165) is 25.1 Å². The van der Waals surface area contributed by atoms with E-state index in [2.05, 4.69) is 5.32 Å². The summed E-state index contributed by atoms with van der Waals surface area (Å²) in [5, 5.41) is 3.23. The third-order valence-electron chi connectivity index (χ3n) is 3.15. The van der Waals surface area contributed by atoms with Gasteiger partial charge in [0.05, 0.1) is 29.6 Å². The van der Waals surface area contributed by atoms with Crippen molar-refractivity contribution in [2.75, 3.05) is 30.8 Å². The average molecular weight is 264 g/mol. The standard InChI is InChI=1S/C14H20N2O3/c1-2-18-14(17)11-6-3-7-12(13(11)15)16-9-10-5-4-8-19-10/h3,6-7,10,16H,2,4-5,8-9,15H2,1H3. The molecule has 1 saturated heterocycles. The summed E-state index contributed by atoms with van der Waals surface area (Å²) in [6.45, 7) is 3.64. The summed E-state index contributed by atoms with van der Waals surface area (Å²) < 4.78 is 10.5. The Morgan fingerprint density at radius 3 is 3.11 bits per heavy atom. The first kappa shape index (κ1) is 13.7. The number of nitrogens with two attached hydrogens (primary N) is 1. The lowest BCUT2D eigenvalue weighted by molar-refractivity contribution is 0.0527. The molecule has 3 N–H and O–H groups in total.